The number of benzene rings is 4. The topological polar surface area (TPSA) is 101 Å². The molecule has 4 aromatic carbocycles. The van der Waals surface area contributed by atoms with Crippen LogP contribution in [0, 0.1) is 10.1 Å². The van der Waals surface area contributed by atoms with Crippen LogP contribution in [0.5, 0.6) is 0 Å². The molecule has 1 unspecified atom stereocenters. The highest BCUT2D eigenvalue weighted by Gasteiger charge is 2.16. The number of non-ortho nitro benzene ring substituents is 1. The minimum Gasteiger partial charge on any atom is -0.325 e. The lowest BCUT2D eigenvalue weighted by Gasteiger charge is -2.13. The molecule has 0 aliphatic carbocycles. The van der Waals surface area contributed by atoms with Gasteiger partial charge in [0.1, 0.15) is 0 Å². The predicted molar refractivity (Wildman–Crippen MR) is 135 cm³/mol. The summed E-state index contributed by atoms with van der Waals surface area (Å²) in [5, 5.41) is 18.4. The smallest absolute Gasteiger partial charge is 0.270 e. The zero-order valence-corrected chi connectivity index (χ0v) is 19.0. The molecule has 4 rings (SSSR count). The number of fused-ring (bicyclic) bond motifs is 1. The first-order valence-corrected chi connectivity index (χ1v) is 11.4. The third-order valence-electron chi connectivity index (χ3n) is 5.13. The van der Waals surface area contributed by atoms with Crippen LogP contribution in [0.2, 0.25) is 0 Å². The van der Waals surface area contributed by atoms with E-state index >= 15 is 0 Å². The summed E-state index contributed by atoms with van der Waals surface area (Å²) in [6, 6.07) is 26.4. The molecule has 0 saturated carbocycles. The van der Waals surface area contributed by atoms with Crippen LogP contribution in [-0.4, -0.2) is 22.0 Å². The van der Waals surface area contributed by atoms with Crippen LogP contribution in [0.4, 0.5) is 17.1 Å². The Morgan fingerprint density at radius 1 is 0.824 bits per heavy atom. The van der Waals surface area contributed by atoms with Gasteiger partial charge < -0.3 is 10.6 Å². The van der Waals surface area contributed by atoms with Gasteiger partial charge in [0.25, 0.3) is 11.6 Å². The number of nitro benzene ring substituents is 1. The zero-order chi connectivity index (χ0) is 24.1. The van der Waals surface area contributed by atoms with Gasteiger partial charge in [-0.25, -0.2) is 0 Å². The van der Waals surface area contributed by atoms with Crippen LogP contribution in [0.3, 0.4) is 0 Å². The molecule has 0 aliphatic rings. The monoisotopic (exact) mass is 471 g/mol. The molecule has 0 bridgehead atoms. The molecule has 1 atom stereocenters. The summed E-state index contributed by atoms with van der Waals surface area (Å²) < 4.78 is 0. The summed E-state index contributed by atoms with van der Waals surface area (Å²) >= 11 is 1.40. The second-order valence-corrected chi connectivity index (χ2v) is 9.01. The molecule has 170 valence electrons. The minimum absolute atomic E-state index is 0.108. The number of amides is 2. The number of rotatable bonds is 7. The van der Waals surface area contributed by atoms with Crippen molar-refractivity contribution in [2.75, 3.05) is 10.6 Å². The first-order chi connectivity index (χ1) is 16.4. The summed E-state index contributed by atoms with van der Waals surface area (Å²) in [7, 11) is 0. The number of carbonyl (C=O) groups excluding carboxylic acids is 2. The van der Waals surface area contributed by atoms with Gasteiger partial charge in [0, 0.05) is 34.0 Å². The minimum atomic E-state index is -0.542. The number of anilines is 2. The maximum absolute atomic E-state index is 12.7. The number of hydrogen-bond acceptors (Lipinski definition) is 5. The Morgan fingerprint density at radius 3 is 2.26 bits per heavy atom. The molecule has 4 aromatic rings. The molecule has 2 N–H and O–H groups in total. The molecule has 2 amide bonds. The van der Waals surface area contributed by atoms with E-state index in [0.29, 0.717) is 5.69 Å². The van der Waals surface area contributed by atoms with Gasteiger partial charge in [0.2, 0.25) is 5.91 Å². The molecule has 0 aliphatic heterocycles. The van der Waals surface area contributed by atoms with Gasteiger partial charge in [-0.05, 0) is 60.2 Å². The molecular formula is C26H21N3O4S. The molecule has 0 heterocycles. The molecular weight excluding hydrogens is 450 g/mol. The predicted octanol–water partition coefficient (Wildman–Crippen LogP) is 6.12. The lowest BCUT2D eigenvalue weighted by Crippen LogP contribution is -2.22. The average molecular weight is 472 g/mol. The van der Waals surface area contributed by atoms with Gasteiger partial charge in [-0.1, -0.05) is 36.4 Å². The maximum atomic E-state index is 12.7. The Balaban J connectivity index is 1.35. The number of nitrogens with zero attached hydrogens (tertiary/aromatic N) is 1. The lowest BCUT2D eigenvalue weighted by atomic mass is 10.1. The fraction of sp³-hybridized carbons (Fsp3) is 0.0769. The van der Waals surface area contributed by atoms with E-state index < -0.39 is 10.8 Å². The van der Waals surface area contributed by atoms with Gasteiger partial charge in [0.05, 0.1) is 10.2 Å². The fourth-order valence-electron chi connectivity index (χ4n) is 3.35. The van der Waals surface area contributed by atoms with Crippen LogP contribution in [0.1, 0.15) is 17.3 Å². The van der Waals surface area contributed by atoms with Gasteiger partial charge in [-0.3, -0.25) is 19.7 Å². The van der Waals surface area contributed by atoms with Crippen LogP contribution < -0.4 is 10.6 Å². The zero-order valence-electron chi connectivity index (χ0n) is 18.2. The standard InChI is InChI=1S/C26H21N3O4S/c1-17(25(30)28-22-10-9-18-5-2-3-6-19(18)15-22)34-24-13-11-21(12-14-24)27-26(31)20-7-4-8-23(16-20)29(32)33/h2-17H,1H3,(H,27,31)(H,28,30). The number of nitro groups is 1. The summed E-state index contributed by atoms with van der Waals surface area (Å²) in [4.78, 5) is 36.3. The first-order valence-electron chi connectivity index (χ1n) is 10.5. The van der Waals surface area contributed by atoms with Crippen molar-refractivity contribution in [2.45, 2.75) is 17.1 Å². The number of nitrogens with one attached hydrogen (secondary N) is 2. The molecule has 0 radical (unpaired) electrons. The number of carbonyl (C=O) groups is 2. The van der Waals surface area contributed by atoms with Gasteiger partial charge >= 0.3 is 0 Å². The highest BCUT2D eigenvalue weighted by molar-refractivity contribution is 8.00. The van der Waals surface area contributed by atoms with E-state index in [4.69, 9.17) is 0 Å². The van der Waals surface area contributed by atoms with Crippen molar-refractivity contribution < 1.29 is 14.5 Å². The second kappa shape index (κ2) is 10.2. The second-order valence-electron chi connectivity index (χ2n) is 7.60. The highest BCUT2D eigenvalue weighted by atomic mass is 32.2. The van der Waals surface area contributed by atoms with E-state index in [1.807, 2.05) is 61.5 Å². The van der Waals surface area contributed by atoms with Gasteiger partial charge in [-0.2, -0.15) is 0 Å². The summed E-state index contributed by atoms with van der Waals surface area (Å²) in [6.45, 7) is 1.83. The lowest BCUT2D eigenvalue weighted by molar-refractivity contribution is -0.384. The Morgan fingerprint density at radius 2 is 1.53 bits per heavy atom. The van der Waals surface area contributed by atoms with Gasteiger partial charge in [-0.15, -0.1) is 11.8 Å². The van der Waals surface area contributed by atoms with E-state index in [1.54, 1.807) is 12.1 Å². The molecule has 0 fully saturated rings. The highest BCUT2D eigenvalue weighted by Crippen LogP contribution is 2.27. The van der Waals surface area contributed by atoms with E-state index in [1.165, 1.54) is 36.0 Å². The van der Waals surface area contributed by atoms with Crippen molar-refractivity contribution in [3.63, 3.8) is 0 Å². The average Bonchev–Trinajstić information content (AvgIpc) is 2.85. The SMILES string of the molecule is CC(Sc1ccc(NC(=O)c2cccc([N+](=O)[O-])c2)cc1)C(=O)Nc1ccc2ccccc2c1. The van der Waals surface area contributed by atoms with Crippen molar-refractivity contribution in [1.29, 1.82) is 0 Å². The van der Waals surface area contributed by atoms with Crippen molar-refractivity contribution >= 4 is 51.4 Å². The number of hydrogen-bond donors (Lipinski definition) is 2. The van der Waals surface area contributed by atoms with E-state index in [9.17, 15) is 19.7 Å². The molecule has 8 heteroatoms. The van der Waals surface area contributed by atoms with Crippen molar-refractivity contribution in [1.82, 2.24) is 0 Å². The van der Waals surface area contributed by atoms with Gasteiger partial charge in [0.15, 0.2) is 0 Å². The molecule has 0 spiro atoms. The Labute approximate surface area is 200 Å². The van der Waals surface area contributed by atoms with Crippen LogP contribution in [0.15, 0.2) is 95.9 Å². The summed E-state index contributed by atoms with van der Waals surface area (Å²) in [5.41, 5.74) is 1.35. The molecule has 0 saturated heterocycles. The fourth-order valence-corrected chi connectivity index (χ4v) is 4.22. The van der Waals surface area contributed by atoms with E-state index in [-0.39, 0.29) is 22.4 Å². The third-order valence-corrected chi connectivity index (χ3v) is 6.24. The van der Waals surface area contributed by atoms with Crippen molar-refractivity contribution in [2.24, 2.45) is 0 Å². The van der Waals surface area contributed by atoms with Crippen LogP contribution >= 0.6 is 11.8 Å². The summed E-state index contributed by atoms with van der Waals surface area (Å²) in [6.07, 6.45) is 0. The largest absolute Gasteiger partial charge is 0.325 e. The Bertz CT molecular complexity index is 1370. The maximum Gasteiger partial charge on any atom is 0.270 e. The normalized spacial score (nSPS) is 11.6. The molecule has 0 aromatic heterocycles. The number of thioether (sulfide) groups is 1. The van der Waals surface area contributed by atoms with Crippen LogP contribution in [-0.2, 0) is 4.79 Å². The molecule has 34 heavy (non-hydrogen) atoms. The van der Waals surface area contributed by atoms with Crippen molar-refractivity contribution in [3.8, 4) is 0 Å². The molecule has 7 nitrogen and oxygen atoms in total. The van der Waals surface area contributed by atoms with Crippen molar-refractivity contribution in [3.05, 3.63) is 107 Å². The van der Waals surface area contributed by atoms with Crippen LogP contribution in [0.25, 0.3) is 10.8 Å². The third kappa shape index (κ3) is 5.60. The summed E-state index contributed by atoms with van der Waals surface area (Å²) in [5.74, 6) is -0.546. The first kappa shape index (κ1) is 23.0. The Kier molecular flexibility index (Phi) is 6.89. The quantitative estimate of drug-likeness (QED) is 0.192. The Hall–Kier alpha value is -4.17. The van der Waals surface area contributed by atoms with E-state index in [2.05, 4.69) is 10.6 Å². The van der Waals surface area contributed by atoms with E-state index in [0.717, 1.165) is 21.4 Å².